The summed E-state index contributed by atoms with van der Waals surface area (Å²) in [6.45, 7) is 3.26. The van der Waals surface area contributed by atoms with Crippen LogP contribution in [0.15, 0.2) is 69.9 Å². The lowest BCUT2D eigenvalue weighted by atomic mass is 10.0. The van der Waals surface area contributed by atoms with E-state index in [1.54, 1.807) is 17.0 Å². The van der Waals surface area contributed by atoms with Gasteiger partial charge in [-0.2, -0.15) is 0 Å². The van der Waals surface area contributed by atoms with E-state index in [2.05, 4.69) is 4.90 Å². The van der Waals surface area contributed by atoms with E-state index in [-0.39, 0.29) is 23.9 Å². The number of hydrogen-bond acceptors (Lipinski definition) is 6. The highest BCUT2D eigenvalue weighted by molar-refractivity contribution is 7.22. The number of rotatable bonds is 6. The molecule has 0 aliphatic heterocycles. The molecular weight excluding hydrogens is 482 g/mol. The summed E-state index contributed by atoms with van der Waals surface area (Å²) < 4.78 is 6.61. The molecule has 5 rings (SSSR count). The fourth-order valence-electron chi connectivity index (χ4n) is 4.19. The third-order valence-corrected chi connectivity index (χ3v) is 6.99. The highest BCUT2D eigenvalue weighted by atomic mass is 35.5. The molecule has 0 radical (unpaired) electrons. The predicted octanol–water partition coefficient (Wildman–Crippen LogP) is 5.88. The van der Waals surface area contributed by atoms with Gasteiger partial charge in [-0.15, -0.1) is 12.4 Å². The van der Waals surface area contributed by atoms with E-state index in [9.17, 15) is 9.59 Å². The second kappa shape index (κ2) is 10.2. The fraction of sp³-hybridized carbons (Fsp3) is 0.222. The van der Waals surface area contributed by atoms with Crippen LogP contribution in [0.3, 0.4) is 0 Å². The van der Waals surface area contributed by atoms with Crippen LogP contribution in [-0.4, -0.2) is 43.0 Å². The molecule has 3 aromatic carbocycles. The van der Waals surface area contributed by atoms with E-state index in [4.69, 9.17) is 9.40 Å². The van der Waals surface area contributed by atoms with Crippen LogP contribution in [0, 0.1) is 6.92 Å². The van der Waals surface area contributed by atoms with E-state index in [1.807, 2.05) is 69.6 Å². The van der Waals surface area contributed by atoms with Crippen molar-refractivity contribution in [2.24, 2.45) is 0 Å². The first-order valence-corrected chi connectivity index (χ1v) is 12.0. The number of hydrogen-bond donors (Lipinski definition) is 0. The van der Waals surface area contributed by atoms with E-state index in [0.29, 0.717) is 17.3 Å². The third kappa shape index (κ3) is 4.80. The molecule has 0 saturated heterocycles. The smallest absolute Gasteiger partial charge is 0.349 e. The lowest BCUT2D eigenvalue weighted by Crippen LogP contribution is -2.36. The maximum atomic E-state index is 13.8. The lowest BCUT2D eigenvalue weighted by Gasteiger charge is -2.20. The average molecular weight is 508 g/mol. The number of thiazole rings is 1. The van der Waals surface area contributed by atoms with Gasteiger partial charge in [0.05, 0.1) is 10.2 Å². The van der Waals surface area contributed by atoms with Gasteiger partial charge >= 0.3 is 5.63 Å². The zero-order valence-corrected chi connectivity index (χ0v) is 21.4. The normalized spacial score (nSPS) is 11.3. The Bertz CT molecular complexity index is 1590. The van der Waals surface area contributed by atoms with Crippen molar-refractivity contribution < 1.29 is 9.21 Å². The van der Waals surface area contributed by atoms with Gasteiger partial charge in [0, 0.05) is 11.9 Å². The number of benzene rings is 3. The number of aromatic nitrogens is 1. The maximum Gasteiger partial charge on any atom is 0.349 e. The van der Waals surface area contributed by atoms with Crippen LogP contribution in [0.5, 0.6) is 0 Å². The average Bonchev–Trinajstić information content (AvgIpc) is 3.26. The second-order valence-electron chi connectivity index (χ2n) is 8.68. The first-order chi connectivity index (χ1) is 16.4. The van der Waals surface area contributed by atoms with Crippen molar-refractivity contribution in [1.82, 2.24) is 9.88 Å². The highest BCUT2D eigenvalue weighted by Crippen LogP contribution is 2.32. The number of carbonyl (C=O) groups is 1. The standard InChI is InChI=1S/C27H25N3O3S.ClH/c1-17-8-6-11-23-24(17)28-27(34-23)30(15-7-14-29(2)3)25(31)21-16-20-19-10-5-4-9-18(19)12-13-22(20)33-26(21)32;/h4-6,8-13,16H,7,14-15H2,1-3H3;1H. The number of halogens is 1. The zero-order chi connectivity index (χ0) is 23.8. The number of aryl methyl sites for hydroxylation is 1. The SMILES string of the molecule is Cc1cccc2sc(N(CCCN(C)C)C(=O)c3cc4c(ccc5ccccc54)oc3=O)nc12.Cl. The Kier molecular flexibility index (Phi) is 7.21. The monoisotopic (exact) mass is 507 g/mol. The lowest BCUT2D eigenvalue weighted by molar-refractivity contribution is 0.0982. The van der Waals surface area contributed by atoms with Crippen molar-refractivity contribution in [1.29, 1.82) is 0 Å². The molecule has 0 unspecified atom stereocenters. The van der Waals surface area contributed by atoms with Crippen LogP contribution in [0.25, 0.3) is 32.0 Å². The summed E-state index contributed by atoms with van der Waals surface area (Å²) >= 11 is 1.46. The Balaban J connectivity index is 0.00000289. The Labute approximate surface area is 213 Å². The molecule has 8 heteroatoms. The van der Waals surface area contributed by atoms with Crippen LogP contribution in [0.2, 0.25) is 0 Å². The Morgan fingerprint density at radius 1 is 1.00 bits per heavy atom. The second-order valence-corrected chi connectivity index (χ2v) is 9.69. The zero-order valence-electron chi connectivity index (χ0n) is 19.8. The van der Waals surface area contributed by atoms with Gasteiger partial charge in [-0.25, -0.2) is 9.78 Å². The van der Waals surface area contributed by atoms with Gasteiger partial charge in [-0.3, -0.25) is 9.69 Å². The number of para-hydroxylation sites is 1. The molecule has 0 atom stereocenters. The van der Waals surface area contributed by atoms with Crippen LogP contribution in [-0.2, 0) is 0 Å². The van der Waals surface area contributed by atoms with Gasteiger partial charge in [0.25, 0.3) is 5.91 Å². The molecule has 35 heavy (non-hydrogen) atoms. The number of carbonyl (C=O) groups excluding carboxylic acids is 1. The molecule has 1 amide bonds. The van der Waals surface area contributed by atoms with Crippen LogP contribution < -0.4 is 10.5 Å². The van der Waals surface area contributed by atoms with Crippen LogP contribution in [0.4, 0.5) is 5.13 Å². The Hall–Kier alpha value is -3.26. The van der Waals surface area contributed by atoms with Gasteiger partial charge in [0.15, 0.2) is 5.13 Å². The van der Waals surface area contributed by atoms with Crippen molar-refractivity contribution in [3.8, 4) is 0 Å². The minimum Gasteiger partial charge on any atom is -0.422 e. The van der Waals surface area contributed by atoms with Crippen LogP contribution in [0.1, 0.15) is 22.3 Å². The van der Waals surface area contributed by atoms with Gasteiger partial charge in [0.1, 0.15) is 11.1 Å². The molecule has 2 aromatic heterocycles. The van der Waals surface area contributed by atoms with Gasteiger partial charge < -0.3 is 9.32 Å². The molecule has 0 bridgehead atoms. The van der Waals surface area contributed by atoms with Crippen molar-refractivity contribution in [3.05, 3.63) is 82.2 Å². The number of nitrogens with zero attached hydrogens (tertiary/aromatic N) is 3. The molecule has 0 fully saturated rings. The molecule has 0 N–H and O–H groups in total. The highest BCUT2D eigenvalue weighted by Gasteiger charge is 2.25. The quantitative estimate of drug-likeness (QED) is 0.212. The van der Waals surface area contributed by atoms with Crippen molar-refractivity contribution in [2.75, 3.05) is 32.1 Å². The predicted molar refractivity (Wildman–Crippen MR) is 146 cm³/mol. The fourth-order valence-corrected chi connectivity index (χ4v) is 5.25. The largest absolute Gasteiger partial charge is 0.422 e. The van der Waals surface area contributed by atoms with Crippen LogP contribution >= 0.6 is 23.7 Å². The summed E-state index contributed by atoms with van der Waals surface area (Å²) in [6, 6.07) is 19.2. The van der Waals surface area contributed by atoms with E-state index in [1.165, 1.54) is 11.3 Å². The summed E-state index contributed by atoms with van der Waals surface area (Å²) in [5.41, 5.74) is 1.78. The topological polar surface area (TPSA) is 66.7 Å². The minimum atomic E-state index is -0.636. The third-order valence-electron chi connectivity index (χ3n) is 5.94. The van der Waals surface area contributed by atoms with E-state index < -0.39 is 5.63 Å². The molecule has 5 aromatic rings. The number of amides is 1. The van der Waals surface area contributed by atoms with Gasteiger partial charge in [-0.1, -0.05) is 53.8 Å². The molecule has 0 saturated carbocycles. The number of fused-ring (bicyclic) bond motifs is 4. The van der Waals surface area contributed by atoms with E-state index in [0.717, 1.165) is 44.9 Å². The molecule has 180 valence electrons. The van der Waals surface area contributed by atoms with Crippen molar-refractivity contribution >= 4 is 66.7 Å². The summed E-state index contributed by atoms with van der Waals surface area (Å²) in [7, 11) is 3.99. The summed E-state index contributed by atoms with van der Waals surface area (Å²) in [5.74, 6) is -0.390. The maximum absolute atomic E-state index is 13.8. The minimum absolute atomic E-state index is 0. The number of anilines is 1. The molecule has 0 aliphatic carbocycles. The summed E-state index contributed by atoms with van der Waals surface area (Å²) in [5, 5.41) is 3.29. The first-order valence-electron chi connectivity index (χ1n) is 11.2. The molecule has 2 heterocycles. The van der Waals surface area contributed by atoms with Crippen molar-refractivity contribution in [2.45, 2.75) is 13.3 Å². The Morgan fingerprint density at radius 2 is 1.80 bits per heavy atom. The molecule has 0 spiro atoms. The molecule has 0 aliphatic rings. The van der Waals surface area contributed by atoms with Crippen molar-refractivity contribution in [3.63, 3.8) is 0 Å². The molecular formula is C27H26ClN3O3S. The van der Waals surface area contributed by atoms with E-state index >= 15 is 0 Å². The first kappa shape index (κ1) is 24.9. The molecule has 6 nitrogen and oxygen atoms in total. The van der Waals surface area contributed by atoms with Gasteiger partial charge in [-0.05, 0) is 68.5 Å². The summed E-state index contributed by atoms with van der Waals surface area (Å²) in [6.07, 6.45) is 0.746. The summed E-state index contributed by atoms with van der Waals surface area (Å²) in [4.78, 5) is 35.2. The van der Waals surface area contributed by atoms with Gasteiger partial charge in [0.2, 0.25) is 0 Å². The Morgan fingerprint density at radius 3 is 2.57 bits per heavy atom.